The molecular weight excluding hydrogens is 1280 g/mol. The number of nitrogens with one attached hydrogen (secondary N) is 2. The highest BCUT2D eigenvalue weighted by Gasteiger charge is 2.52. The van der Waals surface area contributed by atoms with Gasteiger partial charge in [-0.15, -0.1) is 5.11 Å². The Morgan fingerprint density at radius 2 is 1.74 bits per heavy atom. The zero-order valence-corrected chi connectivity index (χ0v) is 54.1. The van der Waals surface area contributed by atoms with E-state index in [9.17, 15) is 43.0 Å². The molecule has 1 aromatic carbocycles. The van der Waals surface area contributed by atoms with Gasteiger partial charge in [0.15, 0.2) is 5.70 Å². The van der Waals surface area contributed by atoms with E-state index >= 15 is 8.63 Å². The van der Waals surface area contributed by atoms with Crippen molar-refractivity contribution in [2.75, 3.05) is 43.9 Å². The molecule has 1 saturated heterocycles. The highest BCUT2D eigenvalue weighted by molar-refractivity contribution is 8.77. The summed E-state index contributed by atoms with van der Waals surface area (Å²) in [6.45, 7) is 8.97. The van der Waals surface area contributed by atoms with Crippen LogP contribution in [0.25, 0.3) is 6.08 Å². The van der Waals surface area contributed by atoms with Gasteiger partial charge in [-0.1, -0.05) is 94.0 Å². The SMILES string of the molecule is Cc1cc(C)n2c1C=C1C=CC(CCC(=O)NCCc3ccc(/N=N/C4=CCC(C(=O)NCC(C)(C)SSCOCC#Cc5cn([C@H]6CC(OCSSC(C)(C)C)[C@@H](COP(=O)(O)OP(=O)(O)OP(=O)(O)O)O6)c(=O)nc5N)C=C4)c(O)c3)=[N+]1[B-]2(F)F. The van der Waals surface area contributed by atoms with E-state index in [1.165, 1.54) is 55.4 Å². The van der Waals surface area contributed by atoms with Crippen molar-refractivity contribution in [2.45, 2.75) is 109 Å². The Morgan fingerprint density at radius 1 is 0.989 bits per heavy atom. The third-order valence-corrected chi connectivity index (χ3v) is 22.7. The van der Waals surface area contributed by atoms with E-state index in [4.69, 9.17) is 34.3 Å². The Labute approximate surface area is 516 Å². The minimum Gasteiger partial charge on any atom is -0.506 e. The van der Waals surface area contributed by atoms with Gasteiger partial charge in [-0.05, 0) is 81.6 Å². The van der Waals surface area contributed by atoms with Crippen LogP contribution in [-0.4, -0.2) is 128 Å². The number of nitrogens with two attached hydrogens (primary N) is 1. The summed E-state index contributed by atoms with van der Waals surface area (Å²) in [6.07, 6.45) is 9.22. The second kappa shape index (κ2) is 29.5. The van der Waals surface area contributed by atoms with E-state index in [0.717, 1.165) is 24.7 Å². The molecule has 6 atom stereocenters. The van der Waals surface area contributed by atoms with Crippen molar-refractivity contribution in [3.05, 3.63) is 111 Å². The monoisotopic (exact) mass is 1350 g/mol. The minimum atomic E-state index is -5.79. The number of phenols is 1. The summed E-state index contributed by atoms with van der Waals surface area (Å²) in [4.78, 5) is 80.1. The Bertz CT molecular complexity index is 3560. The molecule has 0 radical (unpaired) electrons. The molecule has 26 nitrogen and oxygen atoms in total. The van der Waals surface area contributed by atoms with Crippen LogP contribution in [0.5, 0.6) is 5.75 Å². The zero-order chi connectivity index (χ0) is 63.7. The summed E-state index contributed by atoms with van der Waals surface area (Å²) in [7, 11) is -11.2. The van der Waals surface area contributed by atoms with Gasteiger partial charge in [0.05, 0.1) is 29.9 Å². The van der Waals surface area contributed by atoms with Crippen LogP contribution in [0.15, 0.2) is 87.3 Å². The van der Waals surface area contributed by atoms with Gasteiger partial charge in [0.2, 0.25) is 11.8 Å². The molecule has 2 amide bonds. The third kappa shape index (κ3) is 20.4. The fraction of sp³-hybridized carbons (Fsp3) is 0.471. The molecule has 36 heteroatoms. The molecule has 4 aliphatic rings. The normalized spacial score (nSPS) is 20.5. The first-order valence-corrected chi connectivity index (χ1v) is 35.9. The lowest BCUT2D eigenvalue weighted by Crippen LogP contribution is -2.50. The second-order valence-electron chi connectivity index (χ2n) is 21.6. The smallest absolute Gasteiger partial charge is 0.506 e. The highest BCUT2D eigenvalue weighted by atomic mass is 33.1. The lowest BCUT2D eigenvalue weighted by Gasteiger charge is -2.30. The number of amides is 2. The number of carbonyl (C=O) groups is 2. The number of aryl methyl sites for hydroxylation is 2. The van der Waals surface area contributed by atoms with Crippen LogP contribution in [0.3, 0.4) is 0 Å². The molecule has 3 aromatic rings. The quantitative estimate of drug-likeness (QED) is 0.00640. The van der Waals surface area contributed by atoms with E-state index in [1.54, 1.807) is 61.6 Å². The predicted molar refractivity (Wildman–Crippen MR) is 329 cm³/mol. The van der Waals surface area contributed by atoms with Crippen LogP contribution in [0, 0.1) is 31.6 Å². The molecular formula is C51H67BF2N9O17P3S4. The zero-order valence-electron chi connectivity index (χ0n) is 48.1. The predicted octanol–water partition coefficient (Wildman–Crippen LogP) is 8.69. The number of hydrogen-bond donors (Lipinski definition) is 8. The van der Waals surface area contributed by atoms with Gasteiger partial charge in [0, 0.05) is 72.0 Å². The highest BCUT2D eigenvalue weighted by Crippen LogP contribution is 2.66. The van der Waals surface area contributed by atoms with E-state index < -0.39 is 71.8 Å². The van der Waals surface area contributed by atoms with Crippen molar-refractivity contribution < 1.29 is 88.4 Å². The number of phosphoric acid groups is 3. The van der Waals surface area contributed by atoms with Crippen molar-refractivity contribution in [3.8, 4) is 17.6 Å². The topological polar surface area (TPSA) is 360 Å². The van der Waals surface area contributed by atoms with Crippen LogP contribution < -0.4 is 22.1 Å². The Balaban J connectivity index is 0.799. The number of anilines is 1. The van der Waals surface area contributed by atoms with Gasteiger partial charge in [0.25, 0.3) is 0 Å². The second-order valence-corrected chi connectivity index (χ2v) is 32.0. The van der Waals surface area contributed by atoms with Gasteiger partial charge in [-0.2, -0.15) is 18.7 Å². The first kappa shape index (κ1) is 69.8. The first-order valence-electron chi connectivity index (χ1n) is 26.7. The molecule has 1 fully saturated rings. The number of halogens is 2. The number of nitrogen functional groups attached to an aromatic ring is 1. The summed E-state index contributed by atoms with van der Waals surface area (Å²) in [5.41, 5.74) is 9.33. The molecule has 3 aliphatic heterocycles. The average molecular weight is 1350 g/mol. The molecule has 0 saturated carbocycles. The Morgan fingerprint density at radius 3 is 2.44 bits per heavy atom. The molecule has 0 spiro atoms. The number of hydrogen-bond acceptors (Lipinski definition) is 21. The average Bonchev–Trinajstić information content (AvgIpc) is 1.68. The molecule has 7 rings (SSSR count). The maximum atomic E-state index is 15.7. The molecule has 2 aromatic heterocycles. The van der Waals surface area contributed by atoms with E-state index in [2.05, 4.69) is 46.3 Å². The van der Waals surface area contributed by atoms with Gasteiger partial charge in [-0.25, -0.2) is 18.5 Å². The number of phosphoric ester groups is 1. The minimum absolute atomic E-state index is 0.0216. The summed E-state index contributed by atoms with van der Waals surface area (Å²) >= 11 is 0. The third-order valence-electron chi connectivity index (χ3n) is 12.9. The van der Waals surface area contributed by atoms with Gasteiger partial charge in [-0.3, -0.25) is 18.7 Å². The maximum Gasteiger partial charge on any atom is 0.737 e. The number of phenolic OH excluding ortho intramolecular Hbond substituents is 1. The molecule has 4 unspecified atom stereocenters. The van der Waals surface area contributed by atoms with Crippen molar-refractivity contribution in [1.29, 1.82) is 0 Å². The van der Waals surface area contributed by atoms with Crippen LogP contribution in [0.1, 0.15) is 94.6 Å². The van der Waals surface area contributed by atoms with Crippen molar-refractivity contribution in [2.24, 2.45) is 16.1 Å². The number of nitrogens with zero attached hydrogens (tertiary/aromatic N) is 6. The first-order chi connectivity index (χ1) is 40.7. The number of aromatic hydroxyl groups is 1. The molecule has 1 aliphatic carbocycles. The number of ether oxygens (including phenoxy) is 3. The van der Waals surface area contributed by atoms with Crippen molar-refractivity contribution in [3.63, 3.8) is 0 Å². The molecule has 0 bridgehead atoms. The summed E-state index contributed by atoms with van der Waals surface area (Å²) in [6, 6.07) is 6.64. The lowest BCUT2D eigenvalue weighted by molar-refractivity contribution is -0.362. The molecule has 87 heavy (non-hydrogen) atoms. The van der Waals surface area contributed by atoms with Gasteiger partial charge < -0.3 is 72.9 Å². The molecule has 474 valence electrons. The van der Waals surface area contributed by atoms with Crippen LogP contribution in [-0.2, 0) is 57.1 Å². The van der Waals surface area contributed by atoms with Gasteiger partial charge in [0.1, 0.15) is 53.8 Å². The van der Waals surface area contributed by atoms with E-state index in [1.807, 2.05) is 41.5 Å². The number of fused-ring (bicyclic) bond motifs is 2. The summed E-state index contributed by atoms with van der Waals surface area (Å²) < 4.78 is 99.6. The van der Waals surface area contributed by atoms with Crippen LogP contribution in [0.2, 0.25) is 0 Å². The number of aromatic nitrogens is 3. The summed E-state index contributed by atoms with van der Waals surface area (Å²) in [5.74, 6) is 4.75. The largest absolute Gasteiger partial charge is 0.737 e. The molecule has 9 N–H and O–H groups in total. The summed E-state index contributed by atoms with van der Waals surface area (Å²) in [5, 5.41) is 25.0. The lowest BCUT2D eigenvalue weighted by atomic mass is 9.90. The Hall–Kier alpha value is -4.68. The van der Waals surface area contributed by atoms with Crippen molar-refractivity contribution in [1.82, 2.24) is 24.7 Å². The number of rotatable bonds is 28. The van der Waals surface area contributed by atoms with E-state index in [-0.39, 0.29) is 83.7 Å². The number of allylic oxidation sites excluding steroid dienone is 4. The number of azo groups is 1. The van der Waals surface area contributed by atoms with Crippen LogP contribution >= 0.6 is 66.6 Å². The fourth-order valence-corrected chi connectivity index (χ4v) is 16.2. The standard InChI is InChI=1S/C51H67BF2N9O17P3S4/c1-32-23-33(2)62-41(32)25-39-16-15-38(63(39)52(62,53)54)17-19-45(65)56-21-20-34-10-18-40(42(64)24-34)60-59-37-13-11-35(12-14-37)48(66)57-29-51(6,7)87-84-30-75-22-8-9-36-27-61(49(67)58-47(36)55)46-26-43(76-31-85-86-50(3,4)5)44(78-46)28-77-82(71,72)80-83(73,74)79-81(68,69)70/h10-11,13-16,18,23-25,27,35,43-44,46,64H,12,17,19-22,26,28-31H2,1-7H3,(H,56,65)(H,57,66)(H,71,72)(H,73,74)(H2,55,58,67)(H2,68,69,70)/b60-59+/t35?,43?,44-,46-/m1/s1. The van der Waals surface area contributed by atoms with Gasteiger partial charge >= 0.3 is 36.1 Å². The fourth-order valence-electron chi connectivity index (χ4n) is 9.04. The Kier molecular flexibility index (Phi) is 23.7. The van der Waals surface area contributed by atoms with Crippen LogP contribution in [0.4, 0.5) is 20.1 Å². The number of benzene rings is 1. The molecule has 5 heterocycles. The van der Waals surface area contributed by atoms with E-state index in [0.29, 0.717) is 47.9 Å². The maximum absolute atomic E-state index is 15.7. The van der Waals surface area contributed by atoms with Crippen molar-refractivity contribution >= 4 is 109 Å². The number of carbonyl (C=O) groups excluding carboxylic acids is 2.